The maximum Gasteiger partial charge on any atom is 0.309 e. The molecule has 1 rings (SSSR count). The number of unbranched alkanes of at least 4 members (excludes halogenated alkanes) is 7. The first kappa shape index (κ1) is 15.5. The SMILES string of the molecule is CCCCCCCCCC[C@H]1C[C@@H]1C(=O)OCC. The monoisotopic (exact) mass is 254 g/mol. The predicted octanol–water partition coefficient (Wildman–Crippen LogP) is 4.72. The molecule has 106 valence electrons. The van der Waals surface area contributed by atoms with Crippen LogP contribution in [0.2, 0.25) is 0 Å². The van der Waals surface area contributed by atoms with E-state index in [4.69, 9.17) is 4.74 Å². The number of hydrogen-bond acceptors (Lipinski definition) is 2. The topological polar surface area (TPSA) is 26.3 Å². The second-order valence-electron chi connectivity index (χ2n) is 5.62. The summed E-state index contributed by atoms with van der Waals surface area (Å²) in [6, 6.07) is 0. The second-order valence-corrected chi connectivity index (χ2v) is 5.62. The molecule has 2 atom stereocenters. The van der Waals surface area contributed by atoms with Crippen molar-refractivity contribution in [1.82, 2.24) is 0 Å². The maximum absolute atomic E-state index is 11.4. The smallest absolute Gasteiger partial charge is 0.309 e. The van der Waals surface area contributed by atoms with Crippen molar-refractivity contribution in [2.24, 2.45) is 11.8 Å². The van der Waals surface area contributed by atoms with Crippen LogP contribution in [0.5, 0.6) is 0 Å². The van der Waals surface area contributed by atoms with Crippen molar-refractivity contribution in [2.45, 2.75) is 78.1 Å². The average Bonchev–Trinajstić information content (AvgIpc) is 3.12. The lowest BCUT2D eigenvalue weighted by molar-refractivity contribution is -0.145. The molecule has 0 bridgehead atoms. The summed E-state index contributed by atoms with van der Waals surface area (Å²) in [5.74, 6) is 0.931. The Morgan fingerprint density at radius 2 is 1.61 bits per heavy atom. The van der Waals surface area contributed by atoms with Crippen molar-refractivity contribution in [3.05, 3.63) is 0 Å². The van der Waals surface area contributed by atoms with Gasteiger partial charge in [-0.15, -0.1) is 0 Å². The first-order chi connectivity index (χ1) is 8.79. The van der Waals surface area contributed by atoms with Crippen LogP contribution >= 0.6 is 0 Å². The Labute approximate surface area is 112 Å². The zero-order valence-electron chi connectivity index (χ0n) is 12.2. The van der Waals surface area contributed by atoms with Crippen molar-refractivity contribution < 1.29 is 9.53 Å². The number of carbonyl (C=O) groups excluding carboxylic acids is 1. The van der Waals surface area contributed by atoms with Crippen LogP contribution in [-0.4, -0.2) is 12.6 Å². The molecular weight excluding hydrogens is 224 g/mol. The molecule has 0 spiro atoms. The molecule has 0 amide bonds. The molecule has 1 aliphatic rings. The molecule has 0 heterocycles. The Morgan fingerprint density at radius 3 is 2.22 bits per heavy atom. The fourth-order valence-electron chi connectivity index (χ4n) is 2.65. The Bertz CT molecular complexity index is 225. The van der Waals surface area contributed by atoms with Gasteiger partial charge in [-0.1, -0.05) is 58.3 Å². The molecule has 0 unspecified atom stereocenters. The molecule has 2 nitrogen and oxygen atoms in total. The second kappa shape index (κ2) is 9.41. The molecule has 2 heteroatoms. The van der Waals surface area contributed by atoms with Gasteiger partial charge < -0.3 is 4.74 Å². The van der Waals surface area contributed by atoms with E-state index in [1.165, 1.54) is 57.8 Å². The van der Waals surface area contributed by atoms with Gasteiger partial charge in [-0.25, -0.2) is 0 Å². The number of carbonyl (C=O) groups is 1. The summed E-state index contributed by atoms with van der Waals surface area (Å²) in [7, 11) is 0. The van der Waals surface area contributed by atoms with Crippen LogP contribution in [0.3, 0.4) is 0 Å². The highest BCUT2D eigenvalue weighted by atomic mass is 16.5. The minimum atomic E-state index is 0.0436. The van der Waals surface area contributed by atoms with Gasteiger partial charge in [0.1, 0.15) is 0 Å². The summed E-state index contributed by atoms with van der Waals surface area (Å²) >= 11 is 0. The molecule has 0 saturated heterocycles. The molecule has 1 saturated carbocycles. The van der Waals surface area contributed by atoms with Crippen LogP contribution in [0, 0.1) is 11.8 Å². The van der Waals surface area contributed by atoms with Crippen LogP contribution < -0.4 is 0 Å². The van der Waals surface area contributed by atoms with E-state index >= 15 is 0 Å². The van der Waals surface area contributed by atoms with Crippen LogP contribution in [0.1, 0.15) is 78.1 Å². The fraction of sp³-hybridized carbons (Fsp3) is 0.938. The highest BCUT2D eigenvalue weighted by Gasteiger charge is 2.43. The third-order valence-electron chi connectivity index (χ3n) is 3.94. The molecule has 18 heavy (non-hydrogen) atoms. The molecule has 1 fully saturated rings. The summed E-state index contributed by atoms with van der Waals surface area (Å²) in [6.45, 7) is 4.67. The van der Waals surface area contributed by atoms with Crippen LogP contribution in [-0.2, 0) is 9.53 Å². The Morgan fingerprint density at radius 1 is 1.00 bits per heavy atom. The standard InChI is InChI=1S/C16H30O2/c1-3-5-6-7-8-9-10-11-12-14-13-15(14)16(17)18-4-2/h14-15H,3-13H2,1-2H3/t14-,15-/m0/s1. The van der Waals surface area contributed by atoms with E-state index in [9.17, 15) is 4.79 Å². The van der Waals surface area contributed by atoms with Crippen molar-refractivity contribution in [1.29, 1.82) is 0 Å². The Hall–Kier alpha value is -0.530. The third kappa shape index (κ3) is 6.42. The van der Waals surface area contributed by atoms with E-state index in [0.717, 1.165) is 6.42 Å². The minimum Gasteiger partial charge on any atom is -0.466 e. The number of ether oxygens (including phenoxy) is 1. The predicted molar refractivity (Wildman–Crippen MR) is 75.5 cm³/mol. The average molecular weight is 254 g/mol. The van der Waals surface area contributed by atoms with Gasteiger partial charge >= 0.3 is 5.97 Å². The van der Waals surface area contributed by atoms with Gasteiger partial charge in [0.25, 0.3) is 0 Å². The summed E-state index contributed by atoms with van der Waals surface area (Å²) in [5.41, 5.74) is 0. The van der Waals surface area contributed by atoms with Gasteiger partial charge in [-0.3, -0.25) is 4.79 Å². The van der Waals surface area contributed by atoms with Crippen LogP contribution in [0.4, 0.5) is 0 Å². The van der Waals surface area contributed by atoms with Gasteiger partial charge in [0.15, 0.2) is 0 Å². The summed E-state index contributed by atoms with van der Waals surface area (Å²) in [6.07, 6.45) is 13.3. The van der Waals surface area contributed by atoms with E-state index in [2.05, 4.69) is 6.92 Å². The van der Waals surface area contributed by atoms with E-state index < -0.39 is 0 Å². The molecule has 0 radical (unpaired) electrons. The summed E-state index contributed by atoms with van der Waals surface area (Å²) < 4.78 is 5.04. The number of esters is 1. The summed E-state index contributed by atoms with van der Waals surface area (Å²) in [5, 5.41) is 0. The third-order valence-corrected chi connectivity index (χ3v) is 3.94. The van der Waals surface area contributed by atoms with Crippen LogP contribution in [0.15, 0.2) is 0 Å². The lowest BCUT2D eigenvalue weighted by atomic mass is 10.1. The van der Waals surface area contributed by atoms with Crippen molar-refractivity contribution in [3.63, 3.8) is 0 Å². The number of rotatable bonds is 11. The lowest BCUT2D eigenvalue weighted by Crippen LogP contribution is -2.07. The molecule has 0 aromatic heterocycles. The molecular formula is C16H30O2. The van der Waals surface area contributed by atoms with Crippen LogP contribution in [0.25, 0.3) is 0 Å². The van der Waals surface area contributed by atoms with Crippen molar-refractivity contribution in [3.8, 4) is 0 Å². The first-order valence-corrected chi connectivity index (χ1v) is 7.96. The Kier molecular flexibility index (Phi) is 8.11. The molecule has 0 aliphatic heterocycles. The molecule has 0 aromatic carbocycles. The van der Waals surface area contributed by atoms with Gasteiger partial charge in [-0.05, 0) is 25.7 Å². The first-order valence-electron chi connectivity index (χ1n) is 7.96. The highest BCUT2D eigenvalue weighted by Crippen LogP contribution is 2.43. The molecule has 0 aromatic rings. The van der Waals surface area contributed by atoms with Gasteiger partial charge in [0, 0.05) is 0 Å². The van der Waals surface area contributed by atoms with Gasteiger partial charge in [0.2, 0.25) is 0 Å². The lowest BCUT2D eigenvalue weighted by Gasteiger charge is -2.02. The normalized spacial score (nSPS) is 21.9. The van der Waals surface area contributed by atoms with Crippen molar-refractivity contribution >= 4 is 5.97 Å². The minimum absolute atomic E-state index is 0.0436. The van der Waals surface area contributed by atoms with E-state index in [1.54, 1.807) is 0 Å². The maximum atomic E-state index is 11.4. The zero-order valence-corrected chi connectivity index (χ0v) is 12.2. The largest absolute Gasteiger partial charge is 0.466 e. The van der Waals surface area contributed by atoms with Crippen molar-refractivity contribution in [2.75, 3.05) is 6.61 Å². The highest BCUT2D eigenvalue weighted by molar-refractivity contribution is 5.75. The molecule has 1 aliphatic carbocycles. The van der Waals surface area contributed by atoms with E-state index in [-0.39, 0.29) is 11.9 Å². The fourth-order valence-corrected chi connectivity index (χ4v) is 2.65. The van der Waals surface area contributed by atoms with E-state index in [1.807, 2.05) is 6.92 Å². The van der Waals surface area contributed by atoms with Gasteiger partial charge in [-0.2, -0.15) is 0 Å². The Balaban J connectivity index is 1.84. The summed E-state index contributed by atoms with van der Waals surface area (Å²) in [4.78, 5) is 11.4. The van der Waals surface area contributed by atoms with E-state index in [0.29, 0.717) is 12.5 Å². The molecule has 0 N–H and O–H groups in total. The number of hydrogen-bond donors (Lipinski definition) is 0. The quantitative estimate of drug-likeness (QED) is 0.394. The zero-order chi connectivity index (χ0) is 13.2. The van der Waals surface area contributed by atoms with Gasteiger partial charge in [0.05, 0.1) is 12.5 Å².